The number of esters is 1. The minimum atomic E-state index is -0.229. The zero-order chi connectivity index (χ0) is 25.5. The van der Waals surface area contributed by atoms with E-state index in [2.05, 4.69) is 43.2 Å². The van der Waals surface area contributed by atoms with Crippen LogP contribution in [-0.4, -0.2) is 35.3 Å². The molecule has 200 valence electrons. The number of carbonyl (C=O) groups excluding carboxylic acids is 1. The number of aliphatic hydroxyl groups is 1. The smallest absolute Gasteiger partial charge is 0.305 e. The molecule has 0 bridgehead atoms. The number of hydrogen-bond acceptors (Lipinski definition) is 5. The van der Waals surface area contributed by atoms with Crippen LogP contribution in [0.25, 0.3) is 0 Å². The van der Waals surface area contributed by atoms with Gasteiger partial charge >= 0.3 is 5.97 Å². The van der Waals surface area contributed by atoms with Crippen LogP contribution in [0.3, 0.4) is 0 Å². The maximum Gasteiger partial charge on any atom is 0.305 e. The van der Waals surface area contributed by atoms with Gasteiger partial charge in [0.1, 0.15) is 0 Å². The molecule has 0 aliphatic heterocycles. The summed E-state index contributed by atoms with van der Waals surface area (Å²) >= 11 is 0. The van der Waals surface area contributed by atoms with Gasteiger partial charge in [0.05, 0.1) is 18.9 Å². The van der Waals surface area contributed by atoms with E-state index >= 15 is 0 Å². The maximum absolute atomic E-state index is 11.8. The lowest BCUT2D eigenvalue weighted by Crippen LogP contribution is -2.59. The number of methoxy groups -OCH3 is 1. The van der Waals surface area contributed by atoms with Crippen molar-refractivity contribution in [2.45, 2.75) is 104 Å². The molecular formula is C31H48N2O3. The topological polar surface area (TPSA) is 71.5 Å². The zero-order valence-corrected chi connectivity index (χ0v) is 22.9. The molecule has 4 saturated carbocycles. The van der Waals surface area contributed by atoms with Gasteiger partial charge in [0.2, 0.25) is 0 Å². The summed E-state index contributed by atoms with van der Waals surface area (Å²) in [6, 6.07) is 6.73. The molecule has 5 heteroatoms. The van der Waals surface area contributed by atoms with Gasteiger partial charge in [-0.1, -0.05) is 26.8 Å². The van der Waals surface area contributed by atoms with Crippen molar-refractivity contribution >= 4 is 5.97 Å². The standard InChI is InChI=1S/C31H48N2O3/c1-20(8-13-29(35)36-4)25-11-12-26-24-10-9-21-17-22(33-19-23-7-5-6-16-32-23)14-15-30(21,2)27(24)18-28(34)31(25,26)3/h5-7,16,20-22,24-28,33-34H,8-15,17-19H2,1-4H3/t20?,21?,22-,24?,25?,26?,27?,28+,30?,31?/m1/s1. The molecular weight excluding hydrogens is 448 g/mol. The Morgan fingerprint density at radius 1 is 1.17 bits per heavy atom. The average Bonchev–Trinajstić information content (AvgIpc) is 3.25. The van der Waals surface area contributed by atoms with Gasteiger partial charge in [-0.05, 0) is 116 Å². The molecule has 5 rings (SSSR count). The molecule has 0 amide bonds. The molecule has 10 atom stereocenters. The summed E-state index contributed by atoms with van der Waals surface area (Å²) in [6.45, 7) is 8.13. The van der Waals surface area contributed by atoms with Crippen LogP contribution < -0.4 is 5.32 Å². The lowest BCUT2D eigenvalue weighted by atomic mass is 9.43. The minimum Gasteiger partial charge on any atom is -0.469 e. The summed E-state index contributed by atoms with van der Waals surface area (Å²) in [5, 5.41) is 15.6. The van der Waals surface area contributed by atoms with E-state index in [1.165, 1.54) is 52.1 Å². The van der Waals surface area contributed by atoms with E-state index in [0.717, 1.165) is 36.9 Å². The van der Waals surface area contributed by atoms with Gasteiger partial charge in [-0.15, -0.1) is 0 Å². The number of fused-ring (bicyclic) bond motifs is 5. The number of aliphatic hydroxyl groups excluding tert-OH is 1. The molecule has 2 N–H and O–H groups in total. The monoisotopic (exact) mass is 496 g/mol. The highest BCUT2D eigenvalue weighted by atomic mass is 16.5. The first-order valence-electron chi connectivity index (χ1n) is 14.7. The van der Waals surface area contributed by atoms with Crippen molar-refractivity contribution in [1.29, 1.82) is 0 Å². The van der Waals surface area contributed by atoms with Gasteiger partial charge in [0.15, 0.2) is 0 Å². The maximum atomic E-state index is 11.8. The van der Waals surface area contributed by atoms with Gasteiger partial charge in [-0.2, -0.15) is 0 Å². The van der Waals surface area contributed by atoms with E-state index in [1.807, 2.05) is 12.3 Å². The summed E-state index contributed by atoms with van der Waals surface area (Å²) in [5.74, 6) is 3.59. The van der Waals surface area contributed by atoms with E-state index in [1.54, 1.807) is 0 Å². The van der Waals surface area contributed by atoms with Gasteiger partial charge in [-0.3, -0.25) is 9.78 Å². The fourth-order valence-electron chi connectivity index (χ4n) is 9.77. The second-order valence-electron chi connectivity index (χ2n) is 13.2. The first-order chi connectivity index (χ1) is 17.3. The molecule has 0 spiro atoms. The molecule has 0 aromatic carbocycles. The SMILES string of the molecule is COC(=O)CCC(C)C1CCC2C3CCC4C[C@H](NCc5ccccn5)CCC4(C)C3C[C@H](O)C12C. The van der Waals surface area contributed by atoms with Crippen LogP contribution in [0.2, 0.25) is 0 Å². The van der Waals surface area contributed by atoms with Gasteiger partial charge in [0, 0.05) is 25.2 Å². The Kier molecular flexibility index (Phi) is 7.53. The van der Waals surface area contributed by atoms with Crippen LogP contribution in [0.5, 0.6) is 0 Å². The molecule has 4 aliphatic rings. The predicted octanol–water partition coefficient (Wildman–Crippen LogP) is 5.76. The Balaban J connectivity index is 1.25. The summed E-state index contributed by atoms with van der Waals surface area (Å²) in [5.41, 5.74) is 1.46. The molecule has 4 fully saturated rings. The second-order valence-corrected chi connectivity index (χ2v) is 13.2. The van der Waals surface area contributed by atoms with Gasteiger partial charge < -0.3 is 15.2 Å². The largest absolute Gasteiger partial charge is 0.469 e. The molecule has 36 heavy (non-hydrogen) atoms. The van der Waals surface area contributed by atoms with Crippen molar-refractivity contribution in [2.75, 3.05) is 7.11 Å². The Morgan fingerprint density at radius 2 is 2.00 bits per heavy atom. The van der Waals surface area contributed by atoms with E-state index in [4.69, 9.17) is 4.74 Å². The first-order valence-corrected chi connectivity index (χ1v) is 14.7. The van der Waals surface area contributed by atoms with Crippen molar-refractivity contribution in [3.05, 3.63) is 30.1 Å². The quantitative estimate of drug-likeness (QED) is 0.470. The Bertz CT molecular complexity index is 908. The number of aromatic nitrogens is 1. The van der Waals surface area contributed by atoms with E-state index < -0.39 is 0 Å². The summed E-state index contributed by atoms with van der Waals surface area (Å²) in [7, 11) is 1.48. The van der Waals surface area contributed by atoms with E-state index in [9.17, 15) is 9.90 Å². The second kappa shape index (κ2) is 10.4. The number of rotatable bonds is 7. The van der Waals surface area contributed by atoms with E-state index in [-0.39, 0.29) is 17.5 Å². The Morgan fingerprint density at radius 3 is 2.75 bits per heavy atom. The normalized spacial score (nSPS) is 42.6. The fraction of sp³-hybridized carbons (Fsp3) is 0.806. The lowest BCUT2D eigenvalue weighted by molar-refractivity contribution is -0.170. The van der Waals surface area contributed by atoms with Crippen molar-refractivity contribution in [2.24, 2.45) is 46.3 Å². The van der Waals surface area contributed by atoms with Crippen LogP contribution in [-0.2, 0) is 16.1 Å². The summed E-state index contributed by atoms with van der Waals surface area (Å²) in [6.07, 6.45) is 12.9. The van der Waals surface area contributed by atoms with Crippen molar-refractivity contribution in [3.8, 4) is 0 Å². The zero-order valence-electron chi connectivity index (χ0n) is 22.9. The minimum absolute atomic E-state index is 0.0126. The van der Waals surface area contributed by atoms with Crippen molar-refractivity contribution < 1.29 is 14.6 Å². The van der Waals surface area contributed by atoms with Crippen molar-refractivity contribution in [1.82, 2.24) is 10.3 Å². The molecule has 0 saturated heterocycles. The summed E-state index contributed by atoms with van der Waals surface area (Å²) in [4.78, 5) is 16.3. The highest BCUT2D eigenvalue weighted by Crippen LogP contribution is 2.68. The molecule has 5 nitrogen and oxygen atoms in total. The third kappa shape index (κ3) is 4.53. The lowest BCUT2D eigenvalue weighted by Gasteiger charge is -2.62. The molecule has 1 aromatic heterocycles. The number of hydrogen-bond donors (Lipinski definition) is 2. The molecule has 8 unspecified atom stereocenters. The number of nitrogens with zero attached hydrogens (tertiary/aromatic N) is 1. The molecule has 1 aromatic rings. The third-order valence-electron chi connectivity index (χ3n) is 11.9. The number of nitrogens with one attached hydrogen (secondary N) is 1. The van der Waals surface area contributed by atoms with Gasteiger partial charge in [0.25, 0.3) is 0 Å². The van der Waals surface area contributed by atoms with Crippen molar-refractivity contribution in [3.63, 3.8) is 0 Å². The predicted molar refractivity (Wildman–Crippen MR) is 142 cm³/mol. The third-order valence-corrected chi connectivity index (χ3v) is 11.9. The molecule has 0 radical (unpaired) electrons. The number of ether oxygens (including phenoxy) is 1. The number of pyridine rings is 1. The van der Waals surface area contributed by atoms with Crippen LogP contribution in [0.1, 0.15) is 90.7 Å². The molecule has 1 heterocycles. The van der Waals surface area contributed by atoms with Crippen LogP contribution in [0.15, 0.2) is 24.4 Å². The van der Waals surface area contributed by atoms with Gasteiger partial charge in [-0.25, -0.2) is 0 Å². The van der Waals surface area contributed by atoms with Crippen LogP contribution >= 0.6 is 0 Å². The highest BCUT2D eigenvalue weighted by Gasteiger charge is 2.63. The average molecular weight is 497 g/mol. The van der Waals surface area contributed by atoms with Crippen LogP contribution in [0.4, 0.5) is 0 Å². The highest BCUT2D eigenvalue weighted by molar-refractivity contribution is 5.69. The Labute approximate surface area is 218 Å². The van der Waals surface area contributed by atoms with Crippen LogP contribution in [0, 0.1) is 46.3 Å². The fourth-order valence-corrected chi connectivity index (χ4v) is 9.77. The summed E-state index contributed by atoms with van der Waals surface area (Å²) < 4.78 is 4.90. The van der Waals surface area contributed by atoms with E-state index in [0.29, 0.717) is 41.5 Å². The number of carbonyl (C=O) groups is 1. The molecule has 4 aliphatic carbocycles. The first kappa shape index (κ1) is 26.2. The Hall–Kier alpha value is -1.46.